The SMILES string of the molecule is O=C(Cc1ccccc1)N1CCN(c2nccs2)CC1. The minimum atomic E-state index is 0.218. The zero-order valence-electron chi connectivity index (χ0n) is 11.2. The van der Waals surface area contributed by atoms with Crippen LogP contribution < -0.4 is 4.90 Å². The van der Waals surface area contributed by atoms with Crippen molar-refractivity contribution < 1.29 is 4.79 Å². The molecule has 1 aromatic carbocycles. The highest BCUT2D eigenvalue weighted by atomic mass is 32.1. The Morgan fingerprint density at radius 2 is 1.90 bits per heavy atom. The highest BCUT2D eigenvalue weighted by molar-refractivity contribution is 7.13. The van der Waals surface area contributed by atoms with E-state index in [0.717, 1.165) is 36.9 Å². The van der Waals surface area contributed by atoms with Crippen molar-refractivity contribution in [3.8, 4) is 0 Å². The number of benzene rings is 1. The largest absolute Gasteiger partial charge is 0.345 e. The Labute approximate surface area is 122 Å². The summed E-state index contributed by atoms with van der Waals surface area (Å²) in [6.07, 6.45) is 2.32. The van der Waals surface area contributed by atoms with E-state index in [2.05, 4.69) is 9.88 Å². The zero-order valence-corrected chi connectivity index (χ0v) is 12.1. The molecule has 0 atom stereocenters. The second-order valence-electron chi connectivity index (χ2n) is 4.84. The van der Waals surface area contributed by atoms with Crippen molar-refractivity contribution in [3.05, 3.63) is 47.5 Å². The molecule has 0 saturated carbocycles. The predicted octanol–water partition coefficient (Wildman–Crippen LogP) is 2.03. The van der Waals surface area contributed by atoms with E-state index < -0.39 is 0 Å². The van der Waals surface area contributed by atoms with Gasteiger partial charge in [-0.1, -0.05) is 30.3 Å². The van der Waals surface area contributed by atoms with Crippen molar-refractivity contribution in [2.24, 2.45) is 0 Å². The average Bonchev–Trinajstić information content (AvgIpc) is 3.03. The van der Waals surface area contributed by atoms with Gasteiger partial charge in [0, 0.05) is 37.8 Å². The van der Waals surface area contributed by atoms with Crippen molar-refractivity contribution in [2.75, 3.05) is 31.1 Å². The maximum atomic E-state index is 12.3. The molecule has 20 heavy (non-hydrogen) atoms. The number of carbonyl (C=O) groups is 1. The number of piperazine rings is 1. The molecule has 5 heteroatoms. The van der Waals surface area contributed by atoms with Gasteiger partial charge in [0.2, 0.25) is 5.91 Å². The van der Waals surface area contributed by atoms with Crippen LogP contribution in [0.3, 0.4) is 0 Å². The van der Waals surface area contributed by atoms with Crippen LogP contribution in [0.2, 0.25) is 0 Å². The minimum absolute atomic E-state index is 0.218. The number of rotatable bonds is 3. The topological polar surface area (TPSA) is 36.4 Å². The van der Waals surface area contributed by atoms with Gasteiger partial charge in [-0.05, 0) is 5.56 Å². The van der Waals surface area contributed by atoms with Crippen molar-refractivity contribution >= 4 is 22.4 Å². The third-order valence-electron chi connectivity index (χ3n) is 3.52. The molecule has 1 fully saturated rings. The number of anilines is 1. The number of carbonyl (C=O) groups excluding carboxylic acids is 1. The molecule has 1 aliphatic heterocycles. The van der Waals surface area contributed by atoms with Crippen molar-refractivity contribution in [1.29, 1.82) is 0 Å². The smallest absolute Gasteiger partial charge is 0.227 e. The summed E-state index contributed by atoms with van der Waals surface area (Å²) in [5.74, 6) is 0.218. The first-order chi connectivity index (χ1) is 9.83. The molecule has 1 aliphatic rings. The molecule has 1 aromatic heterocycles. The molecule has 2 heterocycles. The van der Waals surface area contributed by atoms with Crippen LogP contribution in [0.15, 0.2) is 41.9 Å². The Balaban J connectivity index is 1.54. The van der Waals surface area contributed by atoms with E-state index in [-0.39, 0.29) is 5.91 Å². The Kier molecular flexibility index (Phi) is 3.97. The summed E-state index contributed by atoms with van der Waals surface area (Å²) < 4.78 is 0. The standard InChI is InChI=1S/C15H17N3OS/c19-14(12-13-4-2-1-3-5-13)17-7-9-18(10-8-17)15-16-6-11-20-15/h1-6,11H,7-10,12H2. The summed E-state index contributed by atoms with van der Waals surface area (Å²) in [5, 5.41) is 3.04. The summed E-state index contributed by atoms with van der Waals surface area (Å²) in [6, 6.07) is 9.93. The molecule has 1 amide bonds. The molecule has 3 rings (SSSR count). The molecular weight excluding hydrogens is 270 g/mol. The quantitative estimate of drug-likeness (QED) is 0.867. The Morgan fingerprint density at radius 1 is 1.15 bits per heavy atom. The number of thiazole rings is 1. The Morgan fingerprint density at radius 3 is 2.55 bits per heavy atom. The van der Waals surface area contributed by atoms with Crippen LogP contribution in [-0.2, 0) is 11.2 Å². The van der Waals surface area contributed by atoms with E-state index in [1.165, 1.54) is 0 Å². The lowest BCUT2D eigenvalue weighted by Gasteiger charge is -2.34. The van der Waals surface area contributed by atoms with Crippen LogP contribution in [0.4, 0.5) is 5.13 Å². The van der Waals surface area contributed by atoms with Crippen LogP contribution in [0.25, 0.3) is 0 Å². The van der Waals surface area contributed by atoms with Gasteiger partial charge in [0.05, 0.1) is 6.42 Å². The van der Waals surface area contributed by atoms with Crippen molar-refractivity contribution in [3.63, 3.8) is 0 Å². The van der Waals surface area contributed by atoms with Gasteiger partial charge in [-0.25, -0.2) is 4.98 Å². The van der Waals surface area contributed by atoms with Crippen LogP contribution in [0, 0.1) is 0 Å². The minimum Gasteiger partial charge on any atom is -0.345 e. The van der Waals surface area contributed by atoms with Crippen LogP contribution in [-0.4, -0.2) is 42.0 Å². The van der Waals surface area contributed by atoms with E-state index in [9.17, 15) is 4.79 Å². The van der Waals surface area contributed by atoms with Crippen molar-refractivity contribution in [2.45, 2.75) is 6.42 Å². The number of amides is 1. The first-order valence-corrected chi connectivity index (χ1v) is 7.67. The second kappa shape index (κ2) is 6.05. The van der Waals surface area contributed by atoms with Gasteiger partial charge >= 0.3 is 0 Å². The maximum Gasteiger partial charge on any atom is 0.227 e. The lowest BCUT2D eigenvalue weighted by molar-refractivity contribution is -0.130. The molecule has 0 unspecified atom stereocenters. The van der Waals surface area contributed by atoms with Crippen LogP contribution in [0.5, 0.6) is 0 Å². The van der Waals surface area contributed by atoms with Gasteiger partial charge in [0.25, 0.3) is 0 Å². The fourth-order valence-electron chi connectivity index (χ4n) is 2.40. The summed E-state index contributed by atoms with van der Waals surface area (Å²) in [7, 11) is 0. The van der Waals surface area contributed by atoms with Gasteiger partial charge in [0.15, 0.2) is 5.13 Å². The van der Waals surface area contributed by atoms with E-state index in [1.807, 2.05) is 46.8 Å². The molecule has 2 aromatic rings. The van der Waals surface area contributed by atoms with Gasteiger partial charge in [0.1, 0.15) is 0 Å². The number of nitrogens with zero attached hydrogens (tertiary/aromatic N) is 3. The normalized spacial score (nSPS) is 15.4. The van der Waals surface area contributed by atoms with Gasteiger partial charge in [-0.3, -0.25) is 4.79 Å². The fraction of sp³-hybridized carbons (Fsp3) is 0.333. The molecule has 4 nitrogen and oxygen atoms in total. The van der Waals surface area contributed by atoms with E-state index in [0.29, 0.717) is 6.42 Å². The Hall–Kier alpha value is -1.88. The van der Waals surface area contributed by atoms with Gasteiger partial charge < -0.3 is 9.80 Å². The predicted molar refractivity (Wildman–Crippen MR) is 81.1 cm³/mol. The number of hydrogen-bond acceptors (Lipinski definition) is 4. The third kappa shape index (κ3) is 2.99. The first kappa shape index (κ1) is 13.1. The lowest BCUT2D eigenvalue weighted by Crippen LogP contribution is -2.49. The van der Waals surface area contributed by atoms with E-state index in [4.69, 9.17) is 0 Å². The highest BCUT2D eigenvalue weighted by Gasteiger charge is 2.22. The number of hydrogen-bond donors (Lipinski definition) is 0. The van der Waals surface area contributed by atoms with Crippen LogP contribution in [0.1, 0.15) is 5.56 Å². The number of aromatic nitrogens is 1. The average molecular weight is 287 g/mol. The first-order valence-electron chi connectivity index (χ1n) is 6.79. The third-order valence-corrected chi connectivity index (χ3v) is 4.35. The molecule has 0 radical (unpaired) electrons. The molecule has 104 valence electrons. The summed E-state index contributed by atoms with van der Waals surface area (Å²) in [4.78, 5) is 20.8. The summed E-state index contributed by atoms with van der Waals surface area (Å²) in [5.41, 5.74) is 1.08. The van der Waals surface area contributed by atoms with Crippen LogP contribution >= 0.6 is 11.3 Å². The monoisotopic (exact) mass is 287 g/mol. The second-order valence-corrected chi connectivity index (χ2v) is 5.72. The lowest BCUT2D eigenvalue weighted by atomic mass is 10.1. The van der Waals surface area contributed by atoms with E-state index >= 15 is 0 Å². The highest BCUT2D eigenvalue weighted by Crippen LogP contribution is 2.19. The summed E-state index contributed by atoms with van der Waals surface area (Å²) in [6.45, 7) is 3.30. The summed E-state index contributed by atoms with van der Waals surface area (Å²) >= 11 is 1.65. The molecule has 0 N–H and O–H groups in total. The maximum absolute atomic E-state index is 12.3. The molecule has 0 spiro atoms. The molecule has 0 bridgehead atoms. The van der Waals surface area contributed by atoms with Gasteiger partial charge in [-0.15, -0.1) is 11.3 Å². The zero-order chi connectivity index (χ0) is 13.8. The molecular formula is C15H17N3OS. The molecule has 1 saturated heterocycles. The molecule has 0 aliphatic carbocycles. The van der Waals surface area contributed by atoms with E-state index in [1.54, 1.807) is 11.3 Å². The fourth-order valence-corrected chi connectivity index (χ4v) is 3.10. The van der Waals surface area contributed by atoms with Gasteiger partial charge in [-0.2, -0.15) is 0 Å². The Bertz CT molecular complexity index is 548. The van der Waals surface area contributed by atoms with Crippen molar-refractivity contribution in [1.82, 2.24) is 9.88 Å².